The molecule has 27 heavy (non-hydrogen) atoms. The molecule has 7 heteroatoms. The van der Waals surface area contributed by atoms with E-state index in [-0.39, 0.29) is 11.8 Å². The summed E-state index contributed by atoms with van der Waals surface area (Å²) in [7, 11) is 1.60. The van der Waals surface area contributed by atoms with Crippen molar-refractivity contribution in [2.24, 2.45) is 0 Å². The Morgan fingerprint density at radius 3 is 2.81 bits per heavy atom. The quantitative estimate of drug-likeness (QED) is 0.740. The predicted molar refractivity (Wildman–Crippen MR) is 100 cm³/mol. The molecule has 3 aromatic rings. The van der Waals surface area contributed by atoms with Crippen LogP contribution in [0.25, 0.3) is 11.4 Å². The monoisotopic (exact) mass is 366 g/mol. The van der Waals surface area contributed by atoms with Gasteiger partial charge in [0, 0.05) is 24.2 Å². The second-order valence-corrected chi connectivity index (χ2v) is 6.35. The Labute approximate surface area is 156 Å². The molecule has 1 aliphatic heterocycles. The zero-order valence-corrected chi connectivity index (χ0v) is 14.8. The number of urea groups is 1. The van der Waals surface area contributed by atoms with Crippen LogP contribution in [-0.2, 0) is 13.0 Å². The number of hydrogen-bond donors (Lipinski definition) is 2. The first-order valence-corrected chi connectivity index (χ1v) is 8.66. The lowest BCUT2D eigenvalue weighted by Gasteiger charge is -2.26. The first-order valence-electron chi connectivity index (χ1n) is 8.66. The summed E-state index contributed by atoms with van der Waals surface area (Å²) in [5, 5.41) is 2.89. The van der Waals surface area contributed by atoms with Crippen LogP contribution in [0, 0.1) is 5.82 Å². The van der Waals surface area contributed by atoms with Crippen molar-refractivity contribution in [1.29, 1.82) is 0 Å². The maximum atomic E-state index is 13.4. The highest BCUT2D eigenvalue weighted by Crippen LogP contribution is 2.24. The van der Waals surface area contributed by atoms with E-state index in [0.717, 1.165) is 17.1 Å². The van der Waals surface area contributed by atoms with Gasteiger partial charge in [0.2, 0.25) is 0 Å². The third-order valence-corrected chi connectivity index (χ3v) is 4.56. The summed E-state index contributed by atoms with van der Waals surface area (Å²) < 4.78 is 18.6. The van der Waals surface area contributed by atoms with Crippen LogP contribution in [0.1, 0.15) is 11.4 Å². The van der Waals surface area contributed by atoms with Gasteiger partial charge in [0.15, 0.2) is 0 Å². The van der Waals surface area contributed by atoms with Crippen molar-refractivity contribution in [3.8, 4) is 17.1 Å². The number of ether oxygens (including phenoxy) is 1. The van der Waals surface area contributed by atoms with Gasteiger partial charge in [-0.3, -0.25) is 0 Å². The SMILES string of the molecule is COc1ccc(NC(=O)N2CCc3nc(-c4cccc(F)c4)[nH]c3C2)cc1. The number of imidazole rings is 1. The zero-order chi connectivity index (χ0) is 18.8. The number of H-pyrrole nitrogens is 1. The van der Waals surface area contributed by atoms with Crippen molar-refractivity contribution in [3.63, 3.8) is 0 Å². The van der Waals surface area contributed by atoms with Crippen LogP contribution in [0.4, 0.5) is 14.9 Å². The highest BCUT2D eigenvalue weighted by Gasteiger charge is 2.24. The van der Waals surface area contributed by atoms with Gasteiger partial charge in [0.05, 0.1) is 25.0 Å². The smallest absolute Gasteiger partial charge is 0.322 e. The fourth-order valence-electron chi connectivity index (χ4n) is 3.12. The van der Waals surface area contributed by atoms with Crippen LogP contribution in [0.15, 0.2) is 48.5 Å². The lowest BCUT2D eigenvalue weighted by atomic mass is 10.1. The van der Waals surface area contributed by atoms with Crippen LogP contribution in [-0.4, -0.2) is 34.6 Å². The van der Waals surface area contributed by atoms with Gasteiger partial charge in [-0.1, -0.05) is 12.1 Å². The van der Waals surface area contributed by atoms with Gasteiger partial charge in [0.25, 0.3) is 0 Å². The van der Waals surface area contributed by atoms with Gasteiger partial charge < -0.3 is 19.9 Å². The average molecular weight is 366 g/mol. The minimum atomic E-state index is -0.303. The molecule has 0 saturated carbocycles. The summed E-state index contributed by atoms with van der Waals surface area (Å²) in [5.41, 5.74) is 3.20. The molecule has 1 aromatic heterocycles. The molecule has 0 fully saturated rings. The van der Waals surface area contributed by atoms with E-state index in [1.807, 2.05) is 6.07 Å². The summed E-state index contributed by atoms with van der Waals surface area (Å²) in [6.45, 7) is 1.00. The van der Waals surface area contributed by atoms with E-state index in [1.165, 1.54) is 12.1 Å². The molecular formula is C20H19FN4O2. The van der Waals surface area contributed by atoms with Crippen molar-refractivity contribution < 1.29 is 13.9 Å². The van der Waals surface area contributed by atoms with E-state index in [2.05, 4.69) is 15.3 Å². The molecule has 2 amide bonds. The van der Waals surface area contributed by atoms with Gasteiger partial charge in [-0.2, -0.15) is 0 Å². The minimum absolute atomic E-state index is 0.173. The number of halogens is 1. The fourth-order valence-corrected chi connectivity index (χ4v) is 3.12. The summed E-state index contributed by atoms with van der Waals surface area (Å²) in [4.78, 5) is 22.1. The molecule has 138 valence electrons. The van der Waals surface area contributed by atoms with Crippen LogP contribution >= 0.6 is 0 Å². The highest BCUT2D eigenvalue weighted by molar-refractivity contribution is 5.89. The molecule has 0 saturated heterocycles. The van der Waals surface area contributed by atoms with Gasteiger partial charge in [-0.05, 0) is 36.4 Å². The number of fused-ring (bicyclic) bond motifs is 1. The van der Waals surface area contributed by atoms with Crippen molar-refractivity contribution in [1.82, 2.24) is 14.9 Å². The number of anilines is 1. The second kappa shape index (κ2) is 7.11. The molecule has 2 heterocycles. The third-order valence-electron chi connectivity index (χ3n) is 4.56. The van der Waals surface area contributed by atoms with Crippen molar-refractivity contribution in [2.75, 3.05) is 19.0 Å². The first-order chi connectivity index (χ1) is 13.1. The molecular weight excluding hydrogens is 347 g/mol. The van der Waals surface area contributed by atoms with Crippen LogP contribution in [0.2, 0.25) is 0 Å². The number of nitrogens with zero attached hydrogens (tertiary/aromatic N) is 2. The molecule has 1 aliphatic rings. The van der Waals surface area contributed by atoms with E-state index < -0.39 is 0 Å². The topological polar surface area (TPSA) is 70.2 Å². The molecule has 0 bridgehead atoms. The summed E-state index contributed by atoms with van der Waals surface area (Å²) >= 11 is 0. The number of rotatable bonds is 3. The number of methoxy groups -OCH3 is 1. The van der Waals surface area contributed by atoms with E-state index in [9.17, 15) is 9.18 Å². The molecule has 6 nitrogen and oxygen atoms in total. The predicted octanol–water partition coefficient (Wildman–Crippen LogP) is 3.81. The number of hydrogen-bond acceptors (Lipinski definition) is 3. The molecule has 2 aromatic carbocycles. The van der Waals surface area contributed by atoms with E-state index >= 15 is 0 Å². The number of carbonyl (C=O) groups excluding carboxylic acids is 1. The van der Waals surface area contributed by atoms with Crippen molar-refractivity contribution in [2.45, 2.75) is 13.0 Å². The largest absolute Gasteiger partial charge is 0.497 e. The van der Waals surface area contributed by atoms with Gasteiger partial charge in [-0.15, -0.1) is 0 Å². The lowest BCUT2D eigenvalue weighted by molar-refractivity contribution is 0.205. The maximum Gasteiger partial charge on any atom is 0.322 e. The number of amides is 2. The van der Waals surface area contributed by atoms with Crippen molar-refractivity contribution in [3.05, 3.63) is 65.7 Å². The molecule has 0 aliphatic carbocycles. The number of nitrogens with one attached hydrogen (secondary N) is 2. The zero-order valence-electron chi connectivity index (χ0n) is 14.8. The standard InChI is InChI=1S/C20H19FN4O2/c1-27-16-7-5-15(6-8-16)22-20(26)25-10-9-17-18(12-25)24-19(23-17)13-3-2-4-14(21)11-13/h2-8,11H,9-10,12H2,1H3,(H,22,26)(H,23,24). The number of aromatic amines is 1. The molecule has 0 spiro atoms. The van der Waals surface area contributed by atoms with Gasteiger partial charge in [-0.25, -0.2) is 14.2 Å². The Morgan fingerprint density at radius 1 is 1.26 bits per heavy atom. The van der Waals surface area contributed by atoms with Crippen molar-refractivity contribution >= 4 is 11.7 Å². The van der Waals surface area contributed by atoms with Crippen LogP contribution < -0.4 is 10.1 Å². The summed E-state index contributed by atoms with van der Waals surface area (Å²) in [5.74, 6) is 1.05. The van der Waals surface area contributed by atoms with E-state index in [4.69, 9.17) is 4.74 Å². The van der Waals surface area contributed by atoms with E-state index in [0.29, 0.717) is 36.6 Å². The summed E-state index contributed by atoms with van der Waals surface area (Å²) in [6, 6.07) is 13.3. The van der Waals surface area contributed by atoms with Crippen LogP contribution in [0.5, 0.6) is 5.75 Å². The van der Waals surface area contributed by atoms with Gasteiger partial charge >= 0.3 is 6.03 Å². The summed E-state index contributed by atoms with van der Waals surface area (Å²) in [6.07, 6.45) is 0.650. The average Bonchev–Trinajstić information content (AvgIpc) is 3.12. The number of aromatic nitrogens is 2. The van der Waals surface area contributed by atoms with Crippen LogP contribution in [0.3, 0.4) is 0 Å². The Kier molecular flexibility index (Phi) is 4.50. The molecule has 2 N–H and O–H groups in total. The number of carbonyl (C=O) groups is 1. The molecule has 0 atom stereocenters. The Bertz CT molecular complexity index is 968. The van der Waals surface area contributed by atoms with Gasteiger partial charge in [0.1, 0.15) is 17.4 Å². The number of benzene rings is 2. The van der Waals surface area contributed by atoms with E-state index in [1.54, 1.807) is 42.3 Å². The maximum absolute atomic E-state index is 13.4. The fraction of sp³-hybridized carbons (Fsp3) is 0.200. The minimum Gasteiger partial charge on any atom is -0.497 e. The first kappa shape index (κ1) is 17.1. The Morgan fingerprint density at radius 2 is 2.07 bits per heavy atom. The molecule has 0 unspecified atom stereocenters. The molecule has 4 rings (SSSR count). The second-order valence-electron chi connectivity index (χ2n) is 6.35. The third kappa shape index (κ3) is 3.62. The lowest BCUT2D eigenvalue weighted by Crippen LogP contribution is -2.38. The Hall–Kier alpha value is -3.35. The highest BCUT2D eigenvalue weighted by atomic mass is 19.1. The Balaban J connectivity index is 1.46. The normalized spacial score (nSPS) is 13.2. The molecule has 0 radical (unpaired) electrons.